The number of ether oxygens (including phenoxy) is 2. The first-order valence-corrected chi connectivity index (χ1v) is 9.33. The van der Waals surface area contributed by atoms with Crippen molar-refractivity contribution in [2.45, 2.75) is 6.92 Å². The van der Waals surface area contributed by atoms with E-state index in [-0.39, 0.29) is 5.56 Å². The van der Waals surface area contributed by atoms with Crippen LogP contribution in [-0.2, 0) is 0 Å². The van der Waals surface area contributed by atoms with Crippen molar-refractivity contribution in [1.29, 1.82) is 0 Å². The van der Waals surface area contributed by atoms with E-state index in [4.69, 9.17) is 14.5 Å². The van der Waals surface area contributed by atoms with Crippen LogP contribution in [0.15, 0.2) is 41.3 Å². The van der Waals surface area contributed by atoms with Gasteiger partial charge in [-0.1, -0.05) is 0 Å². The van der Waals surface area contributed by atoms with E-state index in [1.807, 2.05) is 31.3 Å². The van der Waals surface area contributed by atoms with Crippen molar-refractivity contribution in [2.24, 2.45) is 0 Å². The zero-order valence-corrected chi connectivity index (χ0v) is 16.4. The van der Waals surface area contributed by atoms with Crippen molar-refractivity contribution < 1.29 is 9.47 Å². The second-order valence-electron chi connectivity index (χ2n) is 6.86. The van der Waals surface area contributed by atoms with Crippen LogP contribution >= 0.6 is 0 Å². The number of anilines is 1. The van der Waals surface area contributed by atoms with Gasteiger partial charge in [0.05, 0.1) is 25.6 Å². The molecule has 4 rings (SSSR count). The molecule has 0 unspecified atom stereocenters. The number of nitrogens with one attached hydrogen (secondary N) is 1. The largest absolute Gasteiger partial charge is 0.493 e. The monoisotopic (exact) mass is 380 g/mol. The minimum Gasteiger partial charge on any atom is -0.493 e. The molecule has 7 nitrogen and oxygen atoms in total. The number of nitrogens with zero attached hydrogens (tertiary/aromatic N) is 3. The molecule has 2 aromatic heterocycles. The second kappa shape index (κ2) is 7.52. The first-order valence-electron chi connectivity index (χ1n) is 9.33. The molecule has 3 heterocycles. The molecule has 0 bridgehead atoms. The molecule has 0 saturated carbocycles. The van der Waals surface area contributed by atoms with E-state index < -0.39 is 0 Å². The molecule has 1 aliphatic heterocycles. The molecule has 0 spiro atoms. The summed E-state index contributed by atoms with van der Waals surface area (Å²) in [7, 11) is 3.18. The lowest BCUT2D eigenvalue weighted by Gasteiger charge is -2.29. The van der Waals surface area contributed by atoms with Gasteiger partial charge in [0.1, 0.15) is 5.65 Å². The highest BCUT2D eigenvalue weighted by molar-refractivity contribution is 5.67. The van der Waals surface area contributed by atoms with E-state index in [0.717, 1.165) is 43.0 Å². The van der Waals surface area contributed by atoms with Crippen LogP contribution in [0.5, 0.6) is 11.5 Å². The summed E-state index contributed by atoms with van der Waals surface area (Å²) in [6, 6.07) is 9.20. The molecule has 1 aliphatic rings. The fourth-order valence-electron chi connectivity index (χ4n) is 3.59. The maximum atomic E-state index is 12.9. The van der Waals surface area contributed by atoms with Crippen LogP contribution in [0.3, 0.4) is 0 Å². The molecule has 28 heavy (non-hydrogen) atoms. The smallest absolute Gasteiger partial charge is 0.258 e. The highest BCUT2D eigenvalue weighted by Crippen LogP contribution is 2.31. The van der Waals surface area contributed by atoms with Crippen LogP contribution in [-0.4, -0.2) is 49.8 Å². The van der Waals surface area contributed by atoms with Crippen LogP contribution in [0.4, 0.5) is 5.69 Å². The maximum Gasteiger partial charge on any atom is 0.258 e. The molecular formula is C21H24N4O3. The number of piperazine rings is 1. The van der Waals surface area contributed by atoms with Gasteiger partial charge in [0.25, 0.3) is 5.56 Å². The summed E-state index contributed by atoms with van der Waals surface area (Å²) >= 11 is 0. The third kappa shape index (κ3) is 3.29. The fraction of sp³-hybridized carbons (Fsp3) is 0.333. The number of rotatable bonds is 4. The third-order valence-corrected chi connectivity index (χ3v) is 5.09. The molecule has 0 atom stereocenters. The SMILES string of the molecule is COc1ccc(-c2cc(=O)n3cc(N4CCNCC4)cc(C)c3n2)cc1OC. The first-order chi connectivity index (χ1) is 13.6. The number of methoxy groups -OCH3 is 2. The number of hydrogen-bond acceptors (Lipinski definition) is 6. The topological polar surface area (TPSA) is 68.1 Å². The molecule has 1 saturated heterocycles. The molecule has 0 amide bonds. The van der Waals surface area contributed by atoms with E-state index >= 15 is 0 Å². The predicted molar refractivity (Wildman–Crippen MR) is 110 cm³/mol. The van der Waals surface area contributed by atoms with Crippen molar-refractivity contribution >= 4 is 11.3 Å². The van der Waals surface area contributed by atoms with Gasteiger partial charge in [-0.3, -0.25) is 9.20 Å². The summed E-state index contributed by atoms with van der Waals surface area (Å²) in [5, 5.41) is 3.35. The average Bonchev–Trinajstić information content (AvgIpc) is 2.74. The van der Waals surface area contributed by atoms with E-state index in [2.05, 4.69) is 16.3 Å². The quantitative estimate of drug-likeness (QED) is 0.748. The van der Waals surface area contributed by atoms with Gasteiger partial charge in [0.15, 0.2) is 11.5 Å². The van der Waals surface area contributed by atoms with Gasteiger partial charge in [-0.15, -0.1) is 0 Å². The average molecular weight is 380 g/mol. The van der Waals surface area contributed by atoms with Gasteiger partial charge in [0.2, 0.25) is 0 Å². The minimum absolute atomic E-state index is 0.102. The summed E-state index contributed by atoms with van der Waals surface area (Å²) in [5.41, 5.74) is 4.00. The second-order valence-corrected chi connectivity index (χ2v) is 6.86. The molecule has 7 heteroatoms. The molecule has 146 valence electrons. The van der Waals surface area contributed by atoms with Crippen LogP contribution in [0.25, 0.3) is 16.9 Å². The van der Waals surface area contributed by atoms with Crippen molar-refractivity contribution in [2.75, 3.05) is 45.3 Å². The Hall–Kier alpha value is -3.06. The lowest BCUT2D eigenvalue weighted by Crippen LogP contribution is -2.43. The number of benzene rings is 1. The Labute approximate surface area is 163 Å². The van der Waals surface area contributed by atoms with Crippen LogP contribution in [0.2, 0.25) is 0 Å². The molecule has 1 N–H and O–H groups in total. The van der Waals surface area contributed by atoms with Crippen molar-refractivity contribution in [1.82, 2.24) is 14.7 Å². The molecule has 1 aromatic carbocycles. The van der Waals surface area contributed by atoms with Gasteiger partial charge < -0.3 is 19.7 Å². The van der Waals surface area contributed by atoms with Crippen molar-refractivity contribution in [3.8, 4) is 22.8 Å². The molecule has 3 aromatic rings. The Morgan fingerprint density at radius 2 is 1.79 bits per heavy atom. The van der Waals surface area contributed by atoms with Crippen LogP contribution in [0.1, 0.15) is 5.56 Å². The Morgan fingerprint density at radius 3 is 2.50 bits per heavy atom. The van der Waals surface area contributed by atoms with Crippen molar-refractivity contribution in [3.05, 3.63) is 52.4 Å². The van der Waals surface area contributed by atoms with Crippen LogP contribution in [0, 0.1) is 6.92 Å². The normalized spacial score (nSPS) is 14.3. The van der Waals surface area contributed by atoms with E-state index in [9.17, 15) is 4.79 Å². The van der Waals surface area contributed by atoms with Crippen molar-refractivity contribution in [3.63, 3.8) is 0 Å². The number of aromatic nitrogens is 2. The van der Waals surface area contributed by atoms with Gasteiger partial charge >= 0.3 is 0 Å². The Morgan fingerprint density at radius 1 is 1.04 bits per heavy atom. The Balaban J connectivity index is 1.80. The lowest BCUT2D eigenvalue weighted by molar-refractivity contribution is 0.355. The summed E-state index contributed by atoms with van der Waals surface area (Å²) in [6.45, 7) is 5.74. The van der Waals surface area contributed by atoms with Gasteiger partial charge in [-0.25, -0.2) is 4.98 Å². The number of pyridine rings is 1. The van der Waals surface area contributed by atoms with E-state index in [0.29, 0.717) is 22.8 Å². The molecule has 1 fully saturated rings. The molecule has 0 aliphatic carbocycles. The van der Waals surface area contributed by atoms with Gasteiger partial charge in [-0.05, 0) is 36.8 Å². The summed E-state index contributed by atoms with van der Waals surface area (Å²) in [4.78, 5) is 19.9. The molecule has 0 radical (unpaired) electrons. The minimum atomic E-state index is -0.102. The summed E-state index contributed by atoms with van der Waals surface area (Å²) < 4.78 is 12.3. The highest BCUT2D eigenvalue weighted by Gasteiger charge is 2.15. The maximum absolute atomic E-state index is 12.9. The van der Waals surface area contributed by atoms with Crippen LogP contribution < -0.4 is 25.2 Å². The van der Waals surface area contributed by atoms with Gasteiger partial charge in [0, 0.05) is 44.0 Å². The highest BCUT2D eigenvalue weighted by atomic mass is 16.5. The van der Waals surface area contributed by atoms with E-state index in [1.54, 1.807) is 24.7 Å². The van der Waals surface area contributed by atoms with E-state index in [1.165, 1.54) is 0 Å². The fourth-order valence-corrected chi connectivity index (χ4v) is 3.59. The zero-order valence-electron chi connectivity index (χ0n) is 16.4. The number of fused-ring (bicyclic) bond motifs is 1. The standard InChI is InChI=1S/C21H24N4O3/c1-14-10-16(24-8-6-22-7-9-24)13-25-20(26)12-17(23-21(14)25)15-4-5-18(27-2)19(11-15)28-3/h4-5,10-13,22H,6-9H2,1-3H3. The number of hydrogen-bond donors (Lipinski definition) is 1. The zero-order chi connectivity index (χ0) is 19.7. The Bertz CT molecular complexity index is 1070. The van der Waals surface area contributed by atoms with Gasteiger partial charge in [-0.2, -0.15) is 0 Å². The summed E-state index contributed by atoms with van der Waals surface area (Å²) in [5.74, 6) is 1.24. The molecular weight excluding hydrogens is 356 g/mol. The number of aryl methyl sites for hydroxylation is 1. The summed E-state index contributed by atoms with van der Waals surface area (Å²) in [6.07, 6.45) is 1.89. The third-order valence-electron chi connectivity index (χ3n) is 5.09. The Kier molecular flexibility index (Phi) is 4.92. The first kappa shape index (κ1) is 18.3. The predicted octanol–water partition coefficient (Wildman–Crippen LogP) is 2.10. The lowest BCUT2D eigenvalue weighted by atomic mass is 10.1.